The zero-order chi connectivity index (χ0) is 13.7. The first-order chi connectivity index (χ1) is 9.30. The summed E-state index contributed by atoms with van der Waals surface area (Å²) in [4.78, 5) is 0. The van der Waals surface area contributed by atoms with Gasteiger partial charge in [0.1, 0.15) is 5.69 Å². The van der Waals surface area contributed by atoms with Crippen molar-refractivity contribution in [3.05, 3.63) is 60.8 Å². The molecule has 94 valence electrons. The van der Waals surface area contributed by atoms with Crippen LogP contribution in [-0.2, 0) is 13.0 Å². The van der Waals surface area contributed by atoms with Crippen LogP contribution in [0.15, 0.2) is 49.6 Å². The van der Waals surface area contributed by atoms with E-state index in [1.807, 2.05) is 22.9 Å². The van der Waals surface area contributed by atoms with Gasteiger partial charge in [0.15, 0.2) is 0 Å². The molecule has 0 fully saturated rings. The van der Waals surface area contributed by atoms with Crippen molar-refractivity contribution in [2.75, 3.05) is 0 Å². The molecule has 19 heavy (non-hydrogen) atoms. The third-order valence-corrected chi connectivity index (χ3v) is 2.76. The van der Waals surface area contributed by atoms with Crippen LogP contribution in [-0.4, -0.2) is 15.0 Å². The topological polar surface area (TPSA) is 54.5 Å². The van der Waals surface area contributed by atoms with Crippen molar-refractivity contribution < 1.29 is 0 Å². The third-order valence-electron chi connectivity index (χ3n) is 2.76. The van der Waals surface area contributed by atoms with E-state index in [0.717, 1.165) is 17.0 Å². The van der Waals surface area contributed by atoms with E-state index in [0.29, 0.717) is 18.5 Å². The van der Waals surface area contributed by atoms with E-state index in [1.54, 1.807) is 18.2 Å². The van der Waals surface area contributed by atoms with Gasteiger partial charge in [-0.3, -0.25) is 0 Å². The summed E-state index contributed by atoms with van der Waals surface area (Å²) in [6.45, 7) is 8.09. The molecule has 0 aliphatic rings. The van der Waals surface area contributed by atoms with Crippen molar-refractivity contribution in [2.24, 2.45) is 0 Å². The highest BCUT2D eigenvalue weighted by Gasteiger charge is 2.12. The Morgan fingerprint density at radius 2 is 1.95 bits per heavy atom. The van der Waals surface area contributed by atoms with Crippen LogP contribution >= 0.6 is 0 Å². The van der Waals surface area contributed by atoms with Gasteiger partial charge in [-0.05, 0) is 12.1 Å². The van der Waals surface area contributed by atoms with E-state index in [-0.39, 0.29) is 0 Å². The monoisotopic (exact) mass is 250 g/mol. The Kier molecular flexibility index (Phi) is 3.89. The van der Waals surface area contributed by atoms with Gasteiger partial charge >= 0.3 is 0 Å². The third kappa shape index (κ3) is 2.61. The van der Waals surface area contributed by atoms with Crippen LogP contribution in [0.5, 0.6) is 0 Å². The molecule has 0 spiro atoms. The van der Waals surface area contributed by atoms with E-state index in [4.69, 9.17) is 5.26 Å². The molecular weight excluding hydrogens is 236 g/mol. The van der Waals surface area contributed by atoms with Gasteiger partial charge in [0.2, 0.25) is 0 Å². The van der Waals surface area contributed by atoms with Crippen LogP contribution in [0.25, 0.3) is 11.3 Å². The van der Waals surface area contributed by atoms with Crippen LogP contribution in [0.1, 0.15) is 11.3 Å². The van der Waals surface area contributed by atoms with Crippen molar-refractivity contribution >= 4 is 0 Å². The van der Waals surface area contributed by atoms with Crippen molar-refractivity contribution in [3.63, 3.8) is 0 Å². The minimum atomic E-state index is 0.618. The highest BCUT2D eigenvalue weighted by Crippen LogP contribution is 2.22. The number of aromatic nitrogens is 3. The Morgan fingerprint density at radius 3 is 2.53 bits per heavy atom. The van der Waals surface area contributed by atoms with Crippen molar-refractivity contribution in [1.29, 1.82) is 5.26 Å². The molecule has 0 aliphatic carbocycles. The summed E-state index contributed by atoms with van der Waals surface area (Å²) in [5, 5.41) is 17.1. The van der Waals surface area contributed by atoms with Gasteiger partial charge < -0.3 is 0 Å². The number of allylic oxidation sites excluding steroid dienone is 2. The van der Waals surface area contributed by atoms with E-state index < -0.39 is 0 Å². The number of benzene rings is 1. The summed E-state index contributed by atoms with van der Waals surface area (Å²) < 4.78 is 1.81. The molecular formula is C15H14N4. The van der Waals surface area contributed by atoms with Crippen LogP contribution in [0.3, 0.4) is 0 Å². The molecule has 0 saturated carbocycles. The Morgan fingerprint density at radius 1 is 1.21 bits per heavy atom. The van der Waals surface area contributed by atoms with Gasteiger partial charge in [0.25, 0.3) is 0 Å². The van der Waals surface area contributed by atoms with E-state index in [2.05, 4.69) is 29.5 Å². The SMILES string of the molecule is C=CCc1c(-c2ccc(C#N)cc2)nnn1CC=C. The Hall–Kier alpha value is -2.67. The van der Waals surface area contributed by atoms with Gasteiger partial charge in [0, 0.05) is 12.0 Å². The first-order valence-corrected chi connectivity index (χ1v) is 5.94. The molecule has 1 aromatic carbocycles. The smallest absolute Gasteiger partial charge is 0.116 e. The second-order valence-electron chi connectivity index (χ2n) is 4.04. The Balaban J connectivity index is 2.45. The zero-order valence-electron chi connectivity index (χ0n) is 10.6. The predicted octanol–water partition coefficient (Wildman–Crippen LogP) is 2.73. The maximum atomic E-state index is 8.81. The standard InChI is InChI=1S/C15H14N4/c1-3-5-14-15(17-18-19(14)10-4-2)13-8-6-12(11-16)7-9-13/h3-4,6-9H,1-2,5,10H2. The fourth-order valence-corrected chi connectivity index (χ4v) is 1.87. The van der Waals surface area contributed by atoms with Gasteiger partial charge in [-0.1, -0.05) is 29.5 Å². The van der Waals surface area contributed by atoms with Gasteiger partial charge in [-0.15, -0.1) is 18.3 Å². The van der Waals surface area contributed by atoms with E-state index in [9.17, 15) is 0 Å². The minimum absolute atomic E-state index is 0.618. The highest BCUT2D eigenvalue weighted by atomic mass is 15.4. The number of hydrogen-bond acceptors (Lipinski definition) is 3. The molecule has 4 nitrogen and oxygen atoms in total. The molecule has 0 aliphatic heterocycles. The van der Waals surface area contributed by atoms with Crippen LogP contribution in [0.4, 0.5) is 0 Å². The quantitative estimate of drug-likeness (QED) is 0.767. The lowest BCUT2D eigenvalue weighted by Gasteiger charge is -2.04. The minimum Gasteiger partial charge on any atom is -0.245 e. The zero-order valence-corrected chi connectivity index (χ0v) is 10.6. The molecule has 0 amide bonds. The van der Waals surface area contributed by atoms with E-state index in [1.165, 1.54) is 0 Å². The first-order valence-electron chi connectivity index (χ1n) is 5.94. The fourth-order valence-electron chi connectivity index (χ4n) is 1.87. The number of nitriles is 1. The number of rotatable bonds is 5. The second-order valence-corrected chi connectivity index (χ2v) is 4.04. The maximum Gasteiger partial charge on any atom is 0.116 e. The summed E-state index contributed by atoms with van der Waals surface area (Å²) >= 11 is 0. The normalized spacial score (nSPS) is 9.84. The summed E-state index contributed by atoms with van der Waals surface area (Å²) in [7, 11) is 0. The predicted molar refractivity (Wildman–Crippen MR) is 74.3 cm³/mol. The molecule has 2 aromatic rings. The lowest BCUT2D eigenvalue weighted by Crippen LogP contribution is -2.03. The molecule has 1 heterocycles. The summed E-state index contributed by atoms with van der Waals surface area (Å²) in [6.07, 6.45) is 4.30. The van der Waals surface area contributed by atoms with Crippen molar-refractivity contribution in [2.45, 2.75) is 13.0 Å². The average Bonchev–Trinajstić information content (AvgIpc) is 2.83. The van der Waals surface area contributed by atoms with Gasteiger partial charge in [0.05, 0.1) is 23.9 Å². The molecule has 0 atom stereocenters. The number of hydrogen-bond donors (Lipinski definition) is 0. The molecule has 0 saturated heterocycles. The van der Waals surface area contributed by atoms with Crippen LogP contribution in [0, 0.1) is 11.3 Å². The second kappa shape index (κ2) is 5.78. The van der Waals surface area contributed by atoms with Gasteiger partial charge in [-0.25, -0.2) is 4.68 Å². The Labute approximate surface area is 112 Å². The molecule has 1 aromatic heterocycles. The van der Waals surface area contributed by atoms with Gasteiger partial charge in [-0.2, -0.15) is 5.26 Å². The Bertz CT molecular complexity index is 629. The van der Waals surface area contributed by atoms with Crippen LogP contribution in [0.2, 0.25) is 0 Å². The summed E-state index contributed by atoms with van der Waals surface area (Å²) in [5.74, 6) is 0. The molecule has 2 rings (SSSR count). The van der Waals surface area contributed by atoms with Crippen molar-refractivity contribution in [1.82, 2.24) is 15.0 Å². The van der Waals surface area contributed by atoms with Crippen LogP contribution < -0.4 is 0 Å². The number of nitrogens with zero attached hydrogens (tertiary/aromatic N) is 4. The van der Waals surface area contributed by atoms with E-state index >= 15 is 0 Å². The molecule has 0 radical (unpaired) electrons. The fraction of sp³-hybridized carbons (Fsp3) is 0.133. The maximum absolute atomic E-state index is 8.81. The largest absolute Gasteiger partial charge is 0.245 e. The summed E-state index contributed by atoms with van der Waals surface area (Å²) in [5.41, 5.74) is 3.41. The summed E-state index contributed by atoms with van der Waals surface area (Å²) in [6, 6.07) is 9.42. The first kappa shape index (κ1) is 12.8. The molecule has 0 bridgehead atoms. The lowest BCUT2D eigenvalue weighted by atomic mass is 10.1. The lowest BCUT2D eigenvalue weighted by molar-refractivity contribution is 0.638. The highest BCUT2D eigenvalue weighted by molar-refractivity contribution is 5.62. The average molecular weight is 250 g/mol. The molecule has 4 heteroatoms. The van der Waals surface area contributed by atoms with Crippen molar-refractivity contribution in [3.8, 4) is 17.3 Å². The molecule has 0 unspecified atom stereocenters. The molecule has 0 N–H and O–H groups in total.